The van der Waals surface area contributed by atoms with Crippen LogP contribution in [-0.2, 0) is 32.7 Å². The first-order chi connectivity index (χ1) is 6.85. The summed E-state index contributed by atoms with van der Waals surface area (Å²) in [4.78, 5) is 2.60. The molecule has 0 bridgehead atoms. The maximum absolute atomic E-state index is 3.94. The minimum Gasteiger partial charge on any atom is -0.342 e. The molecule has 2 fully saturated rings. The van der Waals surface area contributed by atoms with Gasteiger partial charge in [-0.05, 0) is 50.7 Å². The Bertz CT molecular complexity index is 165. The predicted octanol–water partition coefficient (Wildman–Crippen LogP) is 3.25. The van der Waals surface area contributed by atoms with Gasteiger partial charge in [-0.3, -0.25) is 0 Å². The van der Waals surface area contributed by atoms with Crippen molar-refractivity contribution in [3.8, 4) is 0 Å². The van der Waals surface area contributed by atoms with E-state index in [1.165, 1.54) is 64.6 Å². The van der Waals surface area contributed by atoms with Gasteiger partial charge in [-0.2, -0.15) is 6.42 Å². The van der Waals surface area contributed by atoms with Crippen LogP contribution in [0.5, 0.6) is 0 Å². The molecule has 2 rings (SSSR count). The average molecular weight is 283 g/mol. The molecule has 0 N–H and O–H groups in total. The Hall–Kier alpha value is 1.06. The van der Waals surface area contributed by atoms with Crippen LogP contribution in [-0.4, -0.2) is 24.5 Å². The Morgan fingerprint density at radius 3 is 2.07 bits per heavy atom. The zero-order valence-electron chi connectivity index (χ0n) is 10.0. The maximum Gasteiger partial charge on any atom is 3.00 e. The second-order valence-electron chi connectivity index (χ2n) is 5.26. The van der Waals surface area contributed by atoms with Crippen molar-refractivity contribution in [1.29, 1.82) is 0 Å². The van der Waals surface area contributed by atoms with Gasteiger partial charge in [0.05, 0.1) is 0 Å². The normalized spacial score (nSPS) is 26.2. The molecule has 0 atom stereocenters. The van der Waals surface area contributed by atoms with E-state index in [9.17, 15) is 0 Å². The molecule has 1 spiro atoms. The Labute approximate surface area is 120 Å². The largest absolute Gasteiger partial charge is 3.00 e. The number of nitrogens with zero attached hydrogens (tertiary/aromatic N) is 1. The molecule has 0 aromatic rings. The topological polar surface area (TPSA) is 3.24 Å². The van der Waals surface area contributed by atoms with Crippen molar-refractivity contribution < 1.29 is 32.7 Å². The molecule has 0 radical (unpaired) electrons. The number of hydrogen-bond acceptors (Lipinski definition) is 1. The summed E-state index contributed by atoms with van der Waals surface area (Å²) in [5, 5.41) is 0. The Morgan fingerprint density at radius 1 is 0.933 bits per heavy atom. The quantitative estimate of drug-likeness (QED) is 0.703. The van der Waals surface area contributed by atoms with E-state index >= 15 is 0 Å². The fourth-order valence-corrected chi connectivity index (χ4v) is 3.28. The van der Waals surface area contributed by atoms with Gasteiger partial charge in [-0.1, -0.05) is 19.3 Å². The number of likely N-dealkylation sites (tertiary alicyclic amines) is 1. The first-order valence-corrected chi connectivity index (χ1v) is 6.36. The summed E-state index contributed by atoms with van der Waals surface area (Å²) in [7, 11) is 0. The van der Waals surface area contributed by atoms with Crippen LogP contribution >= 0.6 is 0 Å². The smallest absolute Gasteiger partial charge is 0.342 e. The molecule has 2 aliphatic rings. The zero-order chi connectivity index (χ0) is 9.86. The minimum atomic E-state index is 0. The van der Waals surface area contributed by atoms with E-state index in [-0.39, 0.29) is 32.7 Å². The molecule has 1 aliphatic carbocycles. The Kier molecular flexibility index (Phi) is 6.32. The third-order valence-corrected chi connectivity index (χ3v) is 4.31. The molecule has 2 heteroatoms. The second kappa shape index (κ2) is 6.72. The van der Waals surface area contributed by atoms with E-state index in [1.54, 1.807) is 0 Å². The van der Waals surface area contributed by atoms with Crippen molar-refractivity contribution in [1.82, 2.24) is 4.90 Å². The van der Waals surface area contributed by atoms with Crippen molar-refractivity contribution in [2.24, 2.45) is 5.41 Å². The molecule has 1 aliphatic heterocycles. The molecule has 0 unspecified atom stereocenters. The molecule has 1 nitrogen and oxygen atoms in total. The van der Waals surface area contributed by atoms with E-state index in [4.69, 9.17) is 0 Å². The molecular weight excluding hydrogens is 259 g/mol. The van der Waals surface area contributed by atoms with Gasteiger partial charge < -0.3 is 11.8 Å². The van der Waals surface area contributed by atoms with Gasteiger partial charge in [0, 0.05) is 0 Å². The summed E-state index contributed by atoms with van der Waals surface area (Å²) in [6.07, 6.45) is 11.5. The summed E-state index contributed by atoms with van der Waals surface area (Å²) in [6.45, 7) is 7.85. The third-order valence-electron chi connectivity index (χ3n) is 4.31. The summed E-state index contributed by atoms with van der Waals surface area (Å²) >= 11 is 0. The SMILES string of the molecule is [CH2-]CCN1CCC2(CCCCC2)CC1.[Y+3]. The average Bonchev–Trinajstić information content (AvgIpc) is 2.24. The van der Waals surface area contributed by atoms with Crippen LogP contribution in [0.3, 0.4) is 0 Å². The van der Waals surface area contributed by atoms with Crippen LogP contribution in [0.15, 0.2) is 0 Å². The van der Waals surface area contributed by atoms with Crippen LogP contribution in [0.1, 0.15) is 51.4 Å². The van der Waals surface area contributed by atoms with Crippen molar-refractivity contribution in [2.75, 3.05) is 19.6 Å². The Morgan fingerprint density at radius 2 is 1.53 bits per heavy atom. The molecule has 0 aromatic heterocycles. The molecule has 15 heavy (non-hydrogen) atoms. The van der Waals surface area contributed by atoms with Crippen LogP contribution in [0.25, 0.3) is 0 Å². The summed E-state index contributed by atoms with van der Waals surface area (Å²) in [6, 6.07) is 0. The molecule has 1 saturated heterocycles. The molecular formula is C13H24NY+2. The molecule has 1 heterocycles. The van der Waals surface area contributed by atoms with Crippen LogP contribution < -0.4 is 0 Å². The minimum absolute atomic E-state index is 0. The Balaban J connectivity index is 0.00000112. The standard InChI is InChI=1S/C13H24N.Y/c1-2-10-14-11-8-13(9-12-14)6-4-3-5-7-13;/h1-12H2;/q-1;+3. The molecule has 1 saturated carbocycles. The van der Waals surface area contributed by atoms with Crippen LogP contribution in [0.2, 0.25) is 0 Å². The van der Waals surface area contributed by atoms with Gasteiger partial charge >= 0.3 is 32.7 Å². The van der Waals surface area contributed by atoms with E-state index in [0.29, 0.717) is 0 Å². The summed E-state index contributed by atoms with van der Waals surface area (Å²) in [5.41, 5.74) is 0.774. The van der Waals surface area contributed by atoms with Gasteiger partial charge in [0.2, 0.25) is 0 Å². The van der Waals surface area contributed by atoms with Crippen molar-refractivity contribution in [2.45, 2.75) is 51.4 Å². The van der Waals surface area contributed by atoms with Crippen LogP contribution in [0.4, 0.5) is 0 Å². The van der Waals surface area contributed by atoms with Crippen LogP contribution in [0, 0.1) is 12.3 Å². The van der Waals surface area contributed by atoms with Gasteiger partial charge in [0.25, 0.3) is 0 Å². The van der Waals surface area contributed by atoms with Gasteiger partial charge in [-0.25, -0.2) is 0 Å². The van der Waals surface area contributed by atoms with Crippen molar-refractivity contribution in [3.63, 3.8) is 0 Å². The number of hydrogen-bond donors (Lipinski definition) is 0. The van der Waals surface area contributed by atoms with E-state index in [0.717, 1.165) is 11.8 Å². The van der Waals surface area contributed by atoms with Crippen molar-refractivity contribution in [3.05, 3.63) is 6.92 Å². The number of rotatable bonds is 2. The fraction of sp³-hybridized carbons (Fsp3) is 0.923. The predicted molar refractivity (Wildman–Crippen MR) is 61.2 cm³/mol. The van der Waals surface area contributed by atoms with Crippen molar-refractivity contribution >= 4 is 0 Å². The third kappa shape index (κ3) is 3.78. The second-order valence-corrected chi connectivity index (χ2v) is 5.26. The van der Waals surface area contributed by atoms with E-state index < -0.39 is 0 Å². The maximum atomic E-state index is 3.94. The monoisotopic (exact) mass is 283 g/mol. The summed E-state index contributed by atoms with van der Waals surface area (Å²) < 4.78 is 0. The van der Waals surface area contributed by atoms with Gasteiger partial charge in [0.15, 0.2) is 0 Å². The molecule has 82 valence electrons. The zero-order valence-corrected chi connectivity index (χ0v) is 12.8. The number of piperidine rings is 1. The van der Waals surface area contributed by atoms with E-state index in [1.807, 2.05) is 0 Å². The molecule has 0 amide bonds. The van der Waals surface area contributed by atoms with Gasteiger partial charge in [0.1, 0.15) is 0 Å². The summed E-state index contributed by atoms with van der Waals surface area (Å²) in [5.74, 6) is 0. The van der Waals surface area contributed by atoms with Gasteiger partial charge in [-0.15, -0.1) is 0 Å². The molecule has 0 aromatic carbocycles. The van der Waals surface area contributed by atoms with E-state index in [2.05, 4.69) is 11.8 Å². The first-order valence-electron chi connectivity index (χ1n) is 6.36. The fourth-order valence-electron chi connectivity index (χ4n) is 3.28. The first kappa shape index (κ1) is 14.1.